The molecule has 0 aromatic heterocycles. The normalized spacial score (nSPS) is 14.3. The molecular weight excluding hydrogens is 274 g/mol. The van der Waals surface area contributed by atoms with E-state index < -0.39 is 0 Å². The van der Waals surface area contributed by atoms with Crippen LogP contribution in [0, 0.1) is 5.41 Å². The van der Waals surface area contributed by atoms with Crippen LogP contribution in [0.15, 0.2) is 41.4 Å². The van der Waals surface area contributed by atoms with E-state index in [1.54, 1.807) is 0 Å². The molecule has 1 aromatic carbocycles. The molecular formula is C15H22BrN. The van der Waals surface area contributed by atoms with E-state index in [-0.39, 0.29) is 5.41 Å². The fourth-order valence-electron chi connectivity index (χ4n) is 1.83. The molecule has 0 aliphatic rings. The Bertz CT molecular complexity index is 362. The zero-order valence-corrected chi connectivity index (χ0v) is 12.4. The summed E-state index contributed by atoms with van der Waals surface area (Å²) >= 11 is 3.61. The van der Waals surface area contributed by atoms with Crippen molar-refractivity contribution in [2.75, 3.05) is 13.1 Å². The first kappa shape index (κ1) is 14.5. The summed E-state index contributed by atoms with van der Waals surface area (Å²) in [6.07, 6.45) is 4.24. The van der Waals surface area contributed by atoms with Crippen molar-refractivity contribution >= 4 is 15.9 Å². The molecule has 17 heavy (non-hydrogen) atoms. The minimum absolute atomic E-state index is 0.110. The molecule has 94 valence electrons. The largest absolute Gasteiger partial charge is 0.316 e. The van der Waals surface area contributed by atoms with Crippen LogP contribution in [0.25, 0.3) is 0 Å². The van der Waals surface area contributed by atoms with Crippen LogP contribution in [-0.2, 0) is 6.42 Å². The van der Waals surface area contributed by atoms with Crippen molar-refractivity contribution in [3.63, 3.8) is 0 Å². The third-order valence-electron chi connectivity index (χ3n) is 3.00. The third kappa shape index (κ3) is 4.64. The fourth-order valence-corrected chi connectivity index (χ4v) is 2.26. The second-order valence-electron chi connectivity index (χ2n) is 4.80. The Morgan fingerprint density at radius 2 is 2.12 bits per heavy atom. The molecule has 1 aromatic rings. The Labute approximate surface area is 113 Å². The van der Waals surface area contributed by atoms with Gasteiger partial charge in [0, 0.05) is 16.4 Å². The van der Waals surface area contributed by atoms with Gasteiger partial charge in [0.25, 0.3) is 0 Å². The van der Waals surface area contributed by atoms with Gasteiger partial charge in [0.1, 0.15) is 0 Å². The Morgan fingerprint density at radius 1 is 1.41 bits per heavy atom. The first-order chi connectivity index (χ1) is 8.11. The Hall–Kier alpha value is -0.600. The standard InChI is InChI=1S/C15H22BrN/c1-4-10-17-12-15(3,5-2)11-13-8-6-7-9-14(13)16/h5-9,17H,2,4,10-12H2,1,3H3. The van der Waals surface area contributed by atoms with E-state index in [0.717, 1.165) is 19.5 Å². The molecule has 1 rings (SSSR count). The van der Waals surface area contributed by atoms with Crippen LogP contribution in [0.4, 0.5) is 0 Å². The van der Waals surface area contributed by atoms with Crippen LogP contribution in [0.5, 0.6) is 0 Å². The summed E-state index contributed by atoms with van der Waals surface area (Å²) in [5, 5.41) is 3.48. The maximum absolute atomic E-state index is 3.98. The topological polar surface area (TPSA) is 12.0 Å². The van der Waals surface area contributed by atoms with Gasteiger partial charge in [-0.2, -0.15) is 0 Å². The molecule has 0 aliphatic heterocycles. The van der Waals surface area contributed by atoms with E-state index in [0.29, 0.717) is 0 Å². The van der Waals surface area contributed by atoms with Gasteiger partial charge < -0.3 is 5.32 Å². The third-order valence-corrected chi connectivity index (χ3v) is 3.77. The van der Waals surface area contributed by atoms with Crippen molar-refractivity contribution < 1.29 is 0 Å². The van der Waals surface area contributed by atoms with Gasteiger partial charge in [-0.1, -0.05) is 54.1 Å². The van der Waals surface area contributed by atoms with Crippen molar-refractivity contribution in [1.29, 1.82) is 0 Å². The SMILES string of the molecule is C=CC(C)(CNCCC)Cc1ccccc1Br. The maximum atomic E-state index is 3.98. The average molecular weight is 296 g/mol. The fraction of sp³-hybridized carbons (Fsp3) is 0.467. The molecule has 1 unspecified atom stereocenters. The van der Waals surface area contributed by atoms with Gasteiger partial charge in [0.05, 0.1) is 0 Å². The highest BCUT2D eigenvalue weighted by Gasteiger charge is 2.21. The number of benzene rings is 1. The molecule has 0 radical (unpaired) electrons. The van der Waals surface area contributed by atoms with Gasteiger partial charge in [-0.15, -0.1) is 6.58 Å². The predicted octanol–water partition coefficient (Wildman–Crippen LogP) is 4.18. The van der Waals surface area contributed by atoms with Crippen molar-refractivity contribution in [1.82, 2.24) is 5.32 Å². The zero-order chi connectivity index (χ0) is 12.7. The number of hydrogen-bond acceptors (Lipinski definition) is 1. The van der Waals surface area contributed by atoms with E-state index in [1.807, 2.05) is 6.07 Å². The molecule has 1 N–H and O–H groups in total. The monoisotopic (exact) mass is 295 g/mol. The van der Waals surface area contributed by atoms with Gasteiger partial charge >= 0.3 is 0 Å². The lowest BCUT2D eigenvalue weighted by Crippen LogP contribution is -2.32. The number of hydrogen-bond donors (Lipinski definition) is 1. The molecule has 0 saturated heterocycles. The lowest BCUT2D eigenvalue weighted by molar-refractivity contribution is 0.391. The van der Waals surface area contributed by atoms with Gasteiger partial charge in [0.2, 0.25) is 0 Å². The predicted molar refractivity (Wildman–Crippen MR) is 79.3 cm³/mol. The number of halogens is 1. The van der Waals surface area contributed by atoms with Crippen LogP contribution in [-0.4, -0.2) is 13.1 Å². The molecule has 0 saturated carbocycles. The Balaban J connectivity index is 2.68. The molecule has 0 aliphatic carbocycles. The Kier molecular flexibility index (Phi) is 5.93. The summed E-state index contributed by atoms with van der Waals surface area (Å²) in [5.74, 6) is 0. The summed E-state index contributed by atoms with van der Waals surface area (Å²) < 4.78 is 1.18. The zero-order valence-electron chi connectivity index (χ0n) is 10.8. The van der Waals surface area contributed by atoms with Crippen molar-refractivity contribution in [3.8, 4) is 0 Å². The molecule has 0 amide bonds. The average Bonchev–Trinajstić information content (AvgIpc) is 2.33. The molecule has 2 heteroatoms. The van der Waals surface area contributed by atoms with Gasteiger partial charge in [-0.05, 0) is 31.0 Å². The van der Waals surface area contributed by atoms with Crippen LogP contribution >= 0.6 is 15.9 Å². The highest BCUT2D eigenvalue weighted by atomic mass is 79.9. The molecule has 0 spiro atoms. The van der Waals surface area contributed by atoms with E-state index in [9.17, 15) is 0 Å². The summed E-state index contributed by atoms with van der Waals surface area (Å²) in [4.78, 5) is 0. The second kappa shape index (κ2) is 6.97. The molecule has 1 nitrogen and oxygen atoms in total. The van der Waals surface area contributed by atoms with E-state index in [1.165, 1.54) is 16.5 Å². The van der Waals surface area contributed by atoms with Crippen LogP contribution in [0.1, 0.15) is 25.8 Å². The quantitative estimate of drug-likeness (QED) is 0.588. The molecule has 0 fully saturated rings. The van der Waals surface area contributed by atoms with Gasteiger partial charge in [-0.25, -0.2) is 0 Å². The first-order valence-corrected chi connectivity index (χ1v) is 6.98. The van der Waals surface area contributed by atoms with Gasteiger partial charge in [0.15, 0.2) is 0 Å². The lowest BCUT2D eigenvalue weighted by Gasteiger charge is -2.27. The van der Waals surface area contributed by atoms with Crippen molar-refractivity contribution in [2.45, 2.75) is 26.7 Å². The number of nitrogens with one attached hydrogen (secondary N) is 1. The Morgan fingerprint density at radius 3 is 2.71 bits per heavy atom. The van der Waals surface area contributed by atoms with Crippen molar-refractivity contribution in [2.24, 2.45) is 5.41 Å². The first-order valence-electron chi connectivity index (χ1n) is 6.19. The van der Waals surface area contributed by atoms with E-state index >= 15 is 0 Å². The molecule has 0 bridgehead atoms. The summed E-state index contributed by atoms with van der Waals surface area (Å²) in [5.41, 5.74) is 1.45. The lowest BCUT2D eigenvalue weighted by atomic mass is 9.83. The molecule has 0 heterocycles. The number of rotatable bonds is 7. The minimum Gasteiger partial charge on any atom is -0.316 e. The van der Waals surface area contributed by atoms with Crippen LogP contribution in [0.3, 0.4) is 0 Å². The summed E-state index contributed by atoms with van der Waals surface area (Å²) in [6.45, 7) is 10.5. The summed E-state index contributed by atoms with van der Waals surface area (Å²) in [6, 6.07) is 8.40. The van der Waals surface area contributed by atoms with Gasteiger partial charge in [-0.3, -0.25) is 0 Å². The highest BCUT2D eigenvalue weighted by molar-refractivity contribution is 9.10. The molecule has 1 atom stereocenters. The van der Waals surface area contributed by atoms with E-state index in [4.69, 9.17) is 0 Å². The smallest absolute Gasteiger partial charge is 0.0207 e. The highest BCUT2D eigenvalue weighted by Crippen LogP contribution is 2.27. The maximum Gasteiger partial charge on any atom is 0.0207 e. The van der Waals surface area contributed by atoms with Crippen LogP contribution in [0.2, 0.25) is 0 Å². The summed E-state index contributed by atoms with van der Waals surface area (Å²) in [7, 11) is 0. The van der Waals surface area contributed by atoms with E-state index in [2.05, 4.69) is 65.9 Å². The second-order valence-corrected chi connectivity index (χ2v) is 5.66. The van der Waals surface area contributed by atoms with Crippen LogP contribution < -0.4 is 5.32 Å². The minimum atomic E-state index is 0.110. The van der Waals surface area contributed by atoms with Crippen molar-refractivity contribution in [3.05, 3.63) is 47.0 Å².